The van der Waals surface area contributed by atoms with Crippen LogP contribution in [0.5, 0.6) is 0 Å². The van der Waals surface area contributed by atoms with Crippen LogP contribution >= 0.6 is 0 Å². The summed E-state index contributed by atoms with van der Waals surface area (Å²) in [6.07, 6.45) is 1.25. The van der Waals surface area contributed by atoms with Gasteiger partial charge in [0.05, 0.1) is 0 Å². The van der Waals surface area contributed by atoms with Gasteiger partial charge in [-0.25, -0.2) is 0 Å². The molecule has 4 heteroatoms. The SMILES string of the molecule is CCC1CNC(C(C)(C)C)CN1CC1CN(C)CCN1C. The van der Waals surface area contributed by atoms with Gasteiger partial charge < -0.3 is 10.2 Å². The van der Waals surface area contributed by atoms with Crippen molar-refractivity contribution < 1.29 is 0 Å². The number of hydrogen-bond donors (Lipinski definition) is 1. The molecule has 1 N–H and O–H groups in total. The Balaban J connectivity index is 2.00. The molecule has 0 radical (unpaired) electrons. The average molecular weight is 297 g/mol. The zero-order chi connectivity index (χ0) is 15.6. The molecule has 0 spiro atoms. The van der Waals surface area contributed by atoms with E-state index in [0.29, 0.717) is 23.5 Å². The van der Waals surface area contributed by atoms with Crippen LogP contribution in [0.25, 0.3) is 0 Å². The number of piperazine rings is 2. The lowest BCUT2D eigenvalue weighted by molar-refractivity contribution is 0.0329. The number of nitrogens with one attached hydrogen (secondary N) is 1. The normalized spacial score (nSPS) is 34.3. The van der Waals surface area contributed by atoms with Crippen LogP contribution in [0, 0.1) is 5.41 Å². The smallest absolute Gasteiger partial charge is 0.0347 e. The lowest BCUT2D eigenvalue weighted by Crippen LogP contribution is -2.63. The van der Waals surface area contributed by atoms with Gasteiger partial charge in [0.1, 0.15) is 0 Å². The van der Waals surface area contributed by atoms with E-state index in [9.17, 15) is 0 Å². The van der Waals surface area contributed by atoms with Crippen molar-refractivity contribution in [3.63, 3.8) is 0 Å². The highest BCUT2D eigenvalue weighted by molar-refractivity contribution is 4.93. The Morgan fingerprint density at radius 1 is 1.05 bits per heavy atom. The highest BCUT2D eigenvalue weighted by Gasteiger charge is 2.35. The van der Waals surface area contributed by atoms with Gasteiger partial charge in [0.2, 0.25) is 0 Å². The molecule has 2 saturated heterocycles. The minimum absolute atomic E-state index is 0.340. The molecule has 3 atom stereocenters. The van der Waals surface area contributed by atoms with E-state index in [-0.39, 0.29) is 0 Å². The van der Waals surface area contributed by atoms with Gasteiger partial charge in [-0.2, -0.15) is 0 Å². The Hall–Kier alpha value is -0.160. The summed E-state index contributed by atoms with van der Waals surface area (Å²) >= 11 is 0. The van der Waals surface area contributed by atoms with Crippen molar-refractivity contribution >= 4 is 0 Å². The quantitative estimate of drug-likeness (QED) is 0.848. The summed E-state index contributed by atoms with van der Waals surface area (Å²) in [6.45, 7) is 16.6. The minimum Gasteiger partial charge on any atom is -0.311 e. The zero-order valence-electron chi connectivity index (χ0n) is 15.0. The van der Waals surface area contributed by atoms with E-state index in [0.717, 1.165) is 6.54 Å². The lowest BCUT2D eigenvalue weighted by Gasteiger charge is -2.48. The summed E-state index contributed by atoms with van der Waals surface area (Å²) in [7, 11) is 4.55. The highest BCUT2D eigenvalue weighted by atomic mass is 15.3. The molecule has 2 rings (SSSR count). The van der Waals surface area contributed by atoms with Crippen LogP contribution in [0.2, 0.25) is 0 Å². The molecule has 0 saturated carbocycles. The maximum absolute atomic E-state index is 3.78. The van der Waals surface area contributed by atoms with Gasteiger partial charge in [-0.05, 0) is 25.9 Å². The summed E-state index contributed by atoms with van der Waals surface area (Å²) in [6, 6.07) is 1.98. The third-order valence-corrected chi connectivity index (χ3v) is 5.48. The Morgan fingerprint density at radius 2 is 1.76 bits per heavy atom. The maximum Gasteiger partial charge on any atom is 0.0347 e. The van der Waals surface area contributed by atoms with E-state index < -0.39 is 0 Å². The average Bonchev–Trinajstić information content (AvgIpc) is 2.42. The molecule has 124 valence electrons. The minimum atomic E-state index is 0.340. The van der Waals surface area contributed by atoms with E-state index in [2.05, 4.69) is 61.8 Å². The molecule has 2 heterocycles. The number of likely N-dealkylation sites (N-methyl/N-ethyl adjacent to an activating group) is 2. The summed E-state index contributed by atoms with van der Waals surface area (Å²) in [4.78, 5) is 7.79. The second kappa shape index (κ2) is 6.95. The first-order valence-electron chi connectivity index (χ1n) is 8.67. The van der Waals surface area contributed by atoms with Crippen molar-refractivity contribution in [2.75, 3.05) is 53.4 Å². The van der Waals surface area contributed by atoms with Crippen molar-refractivity contribution in [1.29, 1.82) is 0 Å². The molecular weight excluding hydrogens is 260 g/mol. The molecule has 0 aromatic rings. The van der Waals surface area contributed by atoms with Crippen molar-refractivity contribution in [1.82, 2.24) is 20.0 Å². The second-order valence-electron chi connectivity index (χ2n) is 8.24. The van der Waals surface area contributed by atoms with E-state index in [4.69, 9.17) is 0 Å². The van der Waals surface area contributed by atoms with Crippen LogP contribution in [0.15, 0.2) is 0 Å². The Bertz CT molecular complexity index is 325. The lowest BCUT2D eigenvalue weighted by atomic mass is 9.84. The van der Waals surface area contributed by atoms with Crippen molar-refractivity contribution in [3.05, 3.63) is 0 Å². The van der Waals surface area contributed by atoms with Crippen LogP contribution < -0.4 is 5.32 Å². The van der Waals surface area contributed by atoms with Gasteiger partial charge in [0.25, 0.3) is 0 Å². The molecule has 2 fully saturated rings. The summed E-state index contributed by atoms with van der Waals surface area (Å²) in [5.74, 6) is 0. The third-order valence-electron chi connectivity index (χ3n) is 5.48. The largest absolute Gasteiger partial charge is 0.311 e. The first-order chi connectivity index (χ1) is 9.81. The van der Waals surface area contributed by atoms with E-state index in [1.807, 2.05) is 0 Å². The second-order valence-corrected chi connectivity index (χ2v) is 8.24. The molecule has 0 aliphatic carbocycles. The Labute approximate surface area is 131 Å². The fourth-order valence-corrected chi connectivity index (χ4v) is 3.63. The number of hydrogen-bond acceptors (Lipinski definition) is 4. The Kier molecular flexibility index (Phi) is 5.69. The predicted octanol–water partition coefficient (Wildman–Crippen LogP) is 1.33. The first-order valence-corrected chi connectivity index (χ1v) is 8.67. The first kappa shape index (κ1) is 17.2. The molecule has 0 amide bonds. The monoisotopic (exact) mass is 296 g/mol. The van der Waals surface area contributed by atoms with E-state index >= 15 is 0 Å². The molecule has 3 unspecified atom stereocenters. The standard InChI is InChI=1S/C17H36N4/c1-7-14-10-18-16(17(2,3)4)13-21(14)12-15-11-19(5)8-9-20(15)6/h14-16,18H,7-13H2,1-6H3. The van der Waals surface area contributed by atoms with Crippen LogP contribution in [-0.4, -0.2) is 86.2 Å². The van der Waals surface area contributed by atoms with Crippen LogP contribution in [0.4, 0.5) is 0 Å². The molecule has 0 bridgehead atoms. The van der Waals surface area contributed by atoms with Crippen LogP contribution in [-0.2, 0) is 0 Å². The fraction of sp³-hybridized carbons (Fsp3) is 1.00. The molecule has 2 aliphatic rings. The van der Waals surface area contributed by atoms with E-state index in [1.165, 1.54) is 39.1 Å². The zero-order valence-corrected chi connectivity index (χ0v) is 15.0. The topological polar surface area (TPSA) is 21.8 Å². The third kappa shape index (κ3) is 4.41. The summed E-state index contributed by atoms with van der Waals surface area (Å²) in [5.41, 5.74) is 0.340. The summed E-state index contributed by atoms with van der Waals surface area (Å²) < 4.78 is 0. The van der Waals surface area contributed by atoms with Crippen LogP contribution in [0.3, 0.4) is 0 Å². The van der Waals surface area contributed by atoms with Gasteiger partial charge in [-0.15, -0.1) is 0 Å². The summed E-state index contributed by atoms with van der Waals surface area (Å²) in [5, 5.41) is 3.78. The van der Waals surface area contributed by atoms with Gasteiger partial charge in [-0.3, -0.25) is 9.80 Å². The molecule has 0 aromatic carbocycles. The predicted molar refractivity (Wildman–Crippen MR) is 90.8 cm³/mol. The van der Waals surface area contributed by atoms with Crippen molar-refractivity contribution in [3.8, 4) is 0 Å². The fourth-order valence-electron chi connectivity index (χ4n) is 3.63. The van der Waals surface area contributed by atoms with E-state index in [1.54, 1.807) is 0 Å². The highest BCUT2D eigenvalue weighted by Crippen LogP contribution is 2.25. The molecule has 2 aliphatic heterocycles. The van der Waals surface area contributed by atoms with Gasteiger partial charge in [0.15, 0.2) is 0 Å². The molecular formula is C17H36N4. The van der Waals surface area contributed by atoms with Gasteiger partial charge in [-0.1, -0.05) is 27.7 Å². The molecule has 21 heavy (non-hydrogen) atoms. The van der Waals surface area contributed by atoms with Crippen molar-refractivity contribution in [2.24, 2.45) is 5.41 Å². The maximum atomic E-state index is 3.78. The molecule has 0 aromatic heterocycles. The Morgan fingerprint density at radius 3 is 2.38 bits per heavy atom. The number of nitrogens with zero attached hydrogens (tertiary/aromatic N) is 3. The van der Waals surface area contributed by atoms with Crippen molar-refractivity contribution in [2.45, 2.75) is 52.2 Å². The number of rotatable bonds is 3. The van der Waals surface area contributed by atoms with Crippen LogP contribution in [0.1, 0.15) is 34.1 Å². The van der Waals surface area contributed by atoms with Gasteiger partial charge in [0, 0.05) is 57.4 Å². The van der Waals surface area contributed by atoms with Gasteiger partial charge >= 0.3 is 0 Å². The molecule has 4 nitrogen and oxygen atoms in total.